The molecule has 0 atom stereocenters. The maximum Gasteiger partial charge on any atom is 0.411 e. The van der Waals surface area contributed by atoms with Gasteiger partial charge in [-0.3, -0.25) is 5.32 Å². The van der Waals surface area contributed by atoms with Crippen LogP contribution in [-0.2, 0) is 11.2 Å². The van der Waals surface area contributed by atoms with Crippen molar-refractivity contribution < 1.29 is 9.53 Å². The maximum atomic E-state index is 11.9. The van der Waals surface area contributed by atoms with Gasteiger partial charge in [0.15, 0.2) is 0 Å². The molecule has 1 N–H and O–H groups in total. The van der Waals surface area contributed by atoms with Gasteiger partial charge in [-0.2, -0.15) is 0 Å². The standard InChI is InChI=1S/C17H26N2O2/c1-3-4-5-14-6-8-15(9-7-14)18-17(20)21-16-10-12-19(2)13-11-16/h6-9,16H,3-5,10-13H2,1-2H3,(H,18,20). The molecule has 0 bridgehead atoms. The summed E-state index contributed by atoms with van der Waals surface area (Å²) in [7, 11) is 2.09. The minimum Gasteiger partial charge on any atom is -0.446 e. The predicted molar refractivity (Wildman–Crippen MR) is 85.7 cm³/mol. The molecule has 1 aliphatic heterocycles. The van der Waals surface area contributed by atoms with Gasteiger partial charge in [-0.1, -0.05) is 25.5 Å². The maximum absolute atomic E-state index is 11.9. The molecule has 1 saturated heterocycles. The van der Waals surface area contributed by atoms with Gasteiger partial charge in [0.2, 0.25) is 0 Å². The van der Waals surface area contributed by atoms with Crippen molar-refractivity contribution in [2.24, 2.45) is 0 Å². The number of aryl methyl sites for hydroxylation is 1. The summed E-state index contributed by atoms with van der Waals surface area (Å²) < 4.78 is 5.46. The molecule has 1 aromatic rings. The highest BCUT2D eigenvalue weighted by molar-refractivity contribution is 5.84. The number of anilines is 1. The molecule has 0 unspecified atom stereocenters. The smallest absolute Gasteiger partial charge is 0.411 e. The monoisotopic (exact) mass is 290 g/mol. The quantitative estimate of drug-likeness (QED) is 0.899. The minimum atomic E-state index is -0.342. The molecule has 0 saturated carbocycles. The van der Waals surface area contributed by atoms with E-state index in [1.54, 1.807) is 0 Å². The molecule has 1 fully saturated rings. The molecular formula is C17H26N2O2. The molecular weight excluding hydrogens is 264 g/mol. The molecule has 0 aliphatic carbocycles. The van der Waals surface area contributed by atoms with Crippen molar-refractivity contribution in [3.63, 3.8) is 0 Å². The second-order valence-corrected chi connectivity index (χ2v) is 5.83. The lowest BCUT2D eigenvalue weighted by Gasteiger charge is -2.28. The number of hydrogen-bond acceptors (Lipinski definition) is 3. The average molecular weight is 290 g/mol. The first-order valence-corrected chi connectivity index (χ1v) is 7.92. The van der Waals surface area contributed by atoms with Gasteiger partial charge in [0.25, 0.3) is 0 Å². The zero-order valence-corrected chi connectivity index (χ0v) is 13.1. The van der Waals surface area contributed by atoms with Crippen LogP contribution >= 0.6 is 0 Å². The number of carbonyl (C=O) groups excluding carboxylic acids is 1. The lowest BCUT2D eigenvalue weighted by molar-refractivity contribution is 0.0662. The number of benzene rings is 1. The number of likely N-dealkylation sites (tertiary alicyclic amines) is 1. The number of ether oxygens (including phenoxy) is 1. The third kappa shape index (κ3) is 5.38. The van der Waals surface area contributed by atoms with Gasteiger partial charge in [0.05, 0.1) is 0 Å². The van der Waals surface area contributed by atoms with E-state index in [9.17, 15) is 4.79 Å². The van der Waals surface area contributed by atoms with E-state index in [0.717, 1.165) is 38.0 Å². The third-order valence-electron chi connectivity index (χ3n) is 3.96. The number of hydrogen-bond donors (Lipinski definition) is 1. The second-order valence-electron chi connectivity index (χ2n) is 5.83. The molecule has 1 heterocycles. The Balaban J connectivity index is 1.77. The fraction of sp³-hybridized carbons (Fsp3) is 0.588. The largest absolute Gasteiger partial charge is 0.446 e. The Hall–Kier alpha value is -1.55. The van der Waals surface area contributed by atoms with Crippen LogP contribution in [0.5, 0.6) is 0 Å². The second kappa shape index (κ2) is 8.03. The van der Waals surface area contributed by atoms with E-state index in [1.165, 1.54) is 18.4 Å². The number of amides is 1. The Kier molecular flexibility index (Phi) is 6.05. The summed E-state index contributed by atoms with van der Waals surface area (Å²) in [5.74, 6) is 0. The van der Waals surface area contributed by atoms with E-state index >= 15 is 0 Å². The van der Waals surface area contributed by atoms with Crippen molar-refractivity contribution in [2.45, 2.75) is 45.1 Å². The Morgan fingerprint density at radius 2 is 1.95 bits per heavy atom. The Labute approximate surface area is 127 Å². The van der Waals surface area contributed by atoms with Crippen LogP contribution in [-0.4, -0.2) is 37.2 Å². The molecule has 1 aliphatic rings. The van der Waals surface area contributed by atoms with Crippen molar-refractivity contribution >= 4 is 11.8 Å². The predicted octanol–water partition coefficient (Wildman–Crippen LogP) is 3.67. The van der Waals surface area contributed by atoms with Gasteiger partial charge in [-0.25, -0.2) is 4.79 Å². The van der Waals surface area contributed by atoms with Crippen LogP contribution < -0.4 is 5.32 Å². The van der Waals surface area contributed by atoms with Crippen LogP contribution in [0.25, 0.3) is 0 Å². The van der Waals surface area contributed by atoms with E-state index in [0.29, 0.717) is 0 Å². The molecule has 2 rings (SSSR count). The van der Waals surface area contributed by atoms with Crippen molar-refractivity contribution in [3.8, 4) is 0 Å². The summed E-state index contributed by atoms with van der Waals surface area (Å²) in [5.41, 5.74) is 2.11. The van der Waals surface area contributed by atoms with Crippen LogP contribution in [0.4, 0.5) is 10.5 Å². The SMILES string of the molecule is CCCCc1ccc(NC(=O)OC2CCN(C)CC2)cc1. The number of rotatable bonds is 5. The van der Waals surface area contributed by atoms with Crippen LogP contribution in [0.1, 0.15) is 38.2 Å². The molecule has 4 heteroatoms. The molecule has 0 spiro atoms. The minimum absolute atomic E-state index is 0.0463. The zero-order chi connectivity index (χ0) is 15.1. The summed E-state index contributed by atoms with van der Waals surface area (Å²) in [5, 5.41) is 2.81. The van der Waals surface area contributed by atoms with Crippen LogP contribution in [0.2, 0.25) is 0 Å². The van der Waals surface area contributed by atoms with E-state index in [1.807, 2.05) is 12.1 Å². The fourth-order valence-electron chi connectivity index (χ4n) is 2.54. The molecule has 0 radical (unpaired) electrons. The Morgan fingerprint density at radius 1 is 1.29 bits per heavy atom. The van der Waals surface area contributed by atoms with Gasteiger partial charge in [0.1, 0.15) is 6.10 Å². The molecule has 116 valence electrons. The highest BCUT2D eigenvalue weighted by Crippen LogP contribution is 2.15. The highest BCUT2D eigenvalue weighted by atomic mass is 16.6. The van der Waals surface area contributed by atoms with Crippen LogP contribution in [0.15, 0.2) is 24.3 Å². The molecule has 21 heavy (non-hydrogen) atoms. The summed E-state index contributed by atoms with van der Waals surface area (Å²) in [4.78, 5) is 14.1. The first-order valence-electron chi connectivity index (χ1n) is 7.92. The Morgan fingerprint density at radius 3 is 2.57 bits per heavy atom. The first kappa shape index (κ1) is 15.8. The first-order chi connectivity index (χ1) is 10.2. The van der Waals surface area contributed by atoms with Crippen molar-refractivity contribution in [3.05, 3.63) is 29.8 Å². The van der Waals surface area contributed by atoms with E-state index in [2.05, 4.69) is 36.3 Å². The van der Waals surface area contributed by atoms with Gasteiger partial charge < -0.3 is 9.64 Å². The molecule has 1 aromatic carbocycles. The Bertz CT molecular complexity index is 437. The van der Waals surface area contributed by atoms with Gasteiger partial charge in [-0.15, -0.1) is 0 Å². The number of carbonyl (C=O) groups is 1. The van der Waals surface area contributed by atoms with E-state index in [4.69, 9.17) is 4.74 Å². The van der Waals surface area contributed by atoms with Crippen molar-refractivity contribution in [1.29, 1.82) is 0 Å². The van der Waals surface area contributed by atoms with Crippen LogP contribution in [0.3, 0.4) is 0 Å². The molecule has 1 amide bonds. The summed E-state index contributed by atoms with van der Waals surface area (Å²) in [6.45, 7) is 4.17. The topological polar surface area (TPSA) is 41.6 Å². The third-order valence-corrected chi connectivity index (χ3v) is 3.96. The number of unbranched alkanes of at least 4 members (excludes halogenated alkanes) is 1. The lowest BCUT2D eigenvalue weighted by atomic mass is 10.1. The lowest BCUT2D eigenvalue weighted by Crippen LogP contribution is -2.36. The van der Waals surface area contributed by atoms with Gasteiger partial charge in [-0.05, 0) is 50.4 Å². The van der Waals surface area contributed by atoms with Gasteiger partial charge >= 0.3 is 6.09 Å². The van der Waals surface area contributed by atoms with Crippen LogP contribution in [0, 0.1) is 0 Å². The summed E-state index contributed by atoms with van der Waals surface area (Å²) in [6, 6.07) is 8.03. The van der Waals surface area contributed by atoms with E-state index < -0.39 is 0 Å². The number of nitrogens with zero attached hydrogens (tertiary/aromatic N) is 1. The molecule has 0 aromatic heterocycles. The molecule has 4 nitrogen and oxygen atoms in total. The fourth-order valence-corrected chi connectivity index (χ4v) is 2.54. The van der Waals surface area contributed by atoms with Gasteiger partial charge in [0, 0.05) is 18.8 Å². The normalized spacial score (nSPS) is 16.7. The number of piperidine rings is 1. The summed E-state index contributed by atoms with van der Waals surface area (Å²) >= 11 is 0. The highest BCUT2D eigenvalue weighted by Gasteiger charge is 2.20. The number of nitrogens with one attached hydrogen (secondary N) is 1. The van der Waals surface area contributed by atoms with E-state index in [-0.39, 0.29) is 12.2 Å². The van der Waals surface area contributed by atoms with Crippen molar-refractivity contribution in [1.82, 2.24) is 4.90 Å². The average Bonchev–Trinajstić information content (AvgIpc) is 2.49. The van der Waals surface area contributed by atoms with Crippen molar-refractivity contribution in [2.75, 3.05) is 25.5 Å². The summed E-state index contributed by atoms with van der Waals surface area (Å²) in [6.07, 6.45) is 5.03. The zero-order valence-electron chi connectivity index (χ0n) is 13.1.